The van der Waals surface area contributed by atoms with Crippen molar-refractivity contribution in [3.05, 3.63) is 42.1 Å². The maximum atomic E-state index is 12.7. The maximum absolute atomic E-state index is 12.7. The third kappa shape index (κ3) is 3.21. The van der Waals surface area contributed by atoms with Crippen molar-refractivity contribution in [1.82, 2.24) is 4.98 Å². The van der Waals surface area contributed by atoms with E-state index in [1.165, 1.54) is 18.2 Å². The number of carbonyl (C=O) groups excluding carboxylic acids is 2. The topological polar surface area (TPSA) is 62.3 Å². The highest BCUT2D eigenvalue weighted by atomic mass is 32.2. The number of rotatable bonds is 2. The second-order valence-corrected chi connectivity index (χ2v) is 7.86. The van der Waals surface area contributed by atoms with Crippen LogP contribution in [-0.2, 0) is 4.79 Å². The first kappa shape index (κ1) is 17.1. The molecule has 1 aromatic carbocycles. The van der Waals surface area contributed by atoms with Crippen molar-refractivity contribution in [1.29, 1.82) is 0 Å². The Morgan fingerprint density at radius 2 is 2.04 bits per heavy atom. The third-order valence-corrected chi connectivity index (χ3v) is 6.14. The Morgan fingerprint density at radius 3 is 2.85 bits per heavy atom. The van der Waals surface area contributed by atoms with Crippen LogP contribution in [0.25, 0.3) is 0 Å². The SMILES string of the molecule is CN1C(=O)c2cccnc2Sc2cc(NC(=O)C3CCCCC3)ccc21. The Labute approximate surface area is 157 Å². The molecule has 2 aromatic rings. The second kappa shape index (κ2) is 7.11. The van der Waals surface area contributed by atoms with E-state index in [0.29, 0.717) is 10.6 Å². The van der Waals surface area contributed by atoms with Crippen LogP contribution in [0.1, 0.15) is 42.5 Å². The molecule has 0 atom stereocenters. The summed E-state index contributed by atoms with van der Waals surface area (Å²) in [6.45, 7) is 0. The zero-order valence-electron chi connectivity index (χ0n) is 14.7. The van der Waals surface area contributed by atoms with Gasteiger partial charge >= 0.3 is 0 Å². The summed E-state index contributed by atoms with van der Waals surface area (Å²) in [7, 11) is 1.77. The first-order chi connectivity index (χ1) is 12.6. The Bertz CT molecular complexity index is 862. The minimum absolute atomic E-state index is 0.0710. The van der Waals surface area contributed by atoms with Crippen molar-refractivity contribution in [3.8, 4) is 0 Å². The largest absolute Gasteiger partial charge is 0.326 e. The molecule has 0 radical (unpaired) electrons. The lowest BCUT2D eigenvalue weighted by Crippen LogP contribution is -2.26. The first-order valence-corrected chi connectivity index (χ1v) is 9.81. The quantitative estimate of drug-likeness (QED) is 0.858. The monoisotopic (exact) mass is 367 g/mol. The van der Waals surface area contributed by atoms with Crippen LogP contribution in [0.4, 0.5) is 11.4 Å². The third-order valence-electron chi connectivity index (χ3n) is 5.08. The van der Waals surface area contributed by atoms with E-state index in [9.17, 15) is 9.59 Å². The summed E-state index contributed by atoms with van der Waals surface area (Å²) in [5.41, 5.74) is 2.20. The van der Waals surface area contributed by atoms with Gasteiger partial charge in [-0.25, -0.2) is 4.98 Å². The summed E-state index contributed by atoms with van der Waals surface area (Å²) < 4.78 is 0. The first-order valence-electron chi connectivity index (χ1n) is 8.99. The van der Waals surface area contributed by atoms with Gasteiger partial charge in [0.15, 0.2) is 0 Å². The van der Waals surface area contributed by atoms with Crippen molar-refractivity contribution in [2.24, 2.45) is 5.92 Å². The fraction of sp³-hybridized carbons (Fsp3) is 0.350. The molecule has 2 amide bonds. The van der Waals surface area contributed by atoms with Gasteiger partial charge in [0, 0.05) is 29.7 Å². The van der Waals surface area contributed by atoms with E-state index >= 15 is 0 Å². The predicted molar refractivity (Wildman–Crippen MR) is 103 cm³/mol. The summed E-state index contributed by atoms with van der Waals surface area (Å²) in [4.78, 5) is 32.1. The molecule has 1 fully saturated rings. The number of amides is 2. The van der Waals surface area contributed by atoms with Gasteiger partial charge < -0.3 is 10.2 Å². The summed E-state index contributed by atoms with van der Waals surface area (Å²) >= 11 is 1.46. The average Bonchev–Trinajstić information content (AvgIpc) is 2.78. The number of hydrogen-bond donors (Lipinski definition) is 1. The lowest BCUT2D eigenvalue weighted by molar-refractivity contribution is -0.120. The number of fused-ring (bicyclic) bond motifs is 2. The molecular weight excluding hydrogens is 346 g/mol. The molecule has 26 heavy (non-hydrogen) atoms. The molecule has 1 aliphatic carbocycles. The average molecular weight is 367 g/mol. The van der Waals surface area contributed by atoms with Crippen molar-refractivity contribution < 1.29 is 9.59 Å². The molecule has 0 saturated heterocycles. The Kier molecular flexibility index (Phi) is 4.68. The number of nitrogens with one attached hydrogen (secondary N) is 1. The summed E-state index contributed by atoms with van der Waals surface area (Å²) in [5, 5.41) is 3.75. The highest BCUT2D eigenvalue weighted by Crippen LogP contribution is 2.41. The number of aromatic nitrogens is 1. The van der Waals surface area contributed by atoms with Gasteiger partial charge in [-0.1, -0.05) is 31.0 Å². The van der Waals surface area contributed by atoms with E-state index in [1.807, 2.05) is 18.2 Å². The maximum Gasteiger partial charge on any atom is 0.260 e. The fourth-order valence-corrected chi connectivity index (χ4v) is 4.67. The normalized spacial score (nSPS) is 17.3. The molecule has 0 spiro atoms. The lowest BCUT2D eigenvalue weighted by atomic mass is 9.88. The molecule has 0 bridgehead atoms. The Balaban J connectivity index is 1.62. The highest BCUT2D eigenvalue weighted by Gasteiger charge is 2.26. The van der Waals surface area contributed by atoms with Crippen LogP contribution >= 0.6 is 11.8 Å². The molecule has 6 heteroatoms. The van der Waals surface area contributed by atoms with Crippen LogP contribution in [0.5, 0.6) is 0 Å². The standard InChI is InChI=1S/C20H21N3O2S/c1-23-16-10-9-14(22-18(24)13-6-3-2-4-7-13)12-17(16)26-19-15(20(23)25)8-5-11-21-19/h5,8-13H,2-4,6-7H2,1H3,(H,22,24). The molecule has 2 aliphatic rings. The number of pyridine rings is 1. The molecule has 1 N–H and O–H groups in total. The van der Waals surface area contributed by atoms with E-state index in [2.05, 4.69) is 10.3 Å². The summed E-state index contributed by atoms with van der Waals surface area (Å²) in [6, 6.07) is 9.27. The van der Waals surface area contributed by atoms with Crippen LogP contribution in [0.3, 0.4) is 0 Å². The lowest BCUT2D eigenvalue weighted by Gasteiger charge is -2.21. The van der Waals surface area contributed by atoms with E-state index in [1.54, 1.807) is 30.3 Å². The highest BCUT2D eigenvalue weighted by molar-refractivity contribution is 7.99. The minimum atomic E-state index is -0.0710. The predicted octanol–water partition coefficient (Wildman–Crippen LogP) is 4.34. The van der Waals surface area contributed by atoms with E-state index in [4.69, 9.17) is 0 Å². The van der Waals surface area contributed by atoms with Gasteiger partial charge in [-0.3, -0.25) is 9.59 Å². The van der Waals surface area contributed by atoms with Gasteiger partial charge in [0.05, 0.1) is 11.3 Å². The number of carbonyl (C=O) groups is 2. The van der Waals surface area contributed by atoms with Crippen molar-refractivity contribution in [3.63, 3.8) is 0 Å². The molecule has 1 saturated carbocycles. The van der Waals surface area contributed by atoms with Crippen molar-refractivity contribution in [2.75, 3.05) is 17.3 Å². The van der Waals surface area contributed by atoms with Gasteiger partial charge in [0.25, 0.3) is 5.91 Å². The van der Waals surface area contributed by atoms with Gasteiger partial charge in [-0.05, 0) is 43.2 Å². The van der Waals surface area contributed by atoms with E-state index < -0.39 is 0 Å². The Morgan fingerprint density at radius 1 is 1.23 bits per heavy atom. The van der Waals surface area contributed by atoms with Crippen LogP contribution < -0.4 is 10.2 Å². The zero-order valence-corrected chi connectivity index (χ0v) is 15.5. The molecule has 5 nitrogen and oxygen atoms in total. The zero-order chi connectivity index (χ0) is 18.1. The number of hydrogen-bond acceptors (Lipinski definition) is 4. The molecule has 1 aliphatic heterocycles. The van der Waals surface area contributed by atoms with Gasteiger partial charge in [0.1, 0.15) is 5.03 Å². The number of nitrogens with zero attached hydrogens (tertiary/aromatic N) is 2. The van der Waals surface area contributed by atoms with Gasteiger partial charge in [0.2, 0.25) is 5.91 Å². The van der Waals surface area contributed by atoms with Crippen LogP contribution in [0.15, 0.2) is 46.5 Å². The fourth-order valence-electron chi connectivity index (χ4n) is 3.59. The summed E-state index contributed by atoms with van der Waals surface area (Å²) in [5.74, 6) is 0.145. The van der Waals surface area contributed by atoms with Crippen LogP contribution in [0, 0.1) is 5.92 Å². The van der Waals surface area contributed by atoms with Crippen LogP contribution in [0.2, 0.25) is 0 Å². The smallest absolute Gasteiger partial charge is 0.260 e. The second-order valence-electron chi connectivity index (χ2n) is 6.83. The van der Waals surface area contributed by atoms with Crippen molar-refractivity contribution in [2.45, 2.75) is 42.0 Å². The molecule has 2 heterocycles. The molecule has 4 rings (SSSR count). The summed E-state index contributed by atoms with van der Waals surface area (Å²) in [6.07, 6.45) is 7.13. The molecule has 134 valence electrons. The van der Waals surface area contributed by atoms with E-state index in [0.717, 1.165) is 42.0 Å². The number of anilines is 2. The van der Waals surface area contributed by atoms with Crippen LogP contribution in [-0.4, -0.2) is 23.8 Å². The van der Waals surface area contributed by atoms with Gasteiger partial charge in [-0.2, -0.15) is 0 Å². The Hall–Kier alpha value is -2.34. The molecular formula is C20H21N3O2S. The molecule has 1 aromatic heterocycles. The number of benzene rings is 1. The van der Waals surface area contributed by atoms with Crippen molar-refractivity contribution >= 4 is 35.0 Å². The van der Waals surface area contributed by atoms with E-state index in [-0.39, 0.29) is 17.7 Å². The minimum Gasteiger partial charge on any atom is -0.326 e. The molecule has 0 unspecified atom stereocenters. The van der Waals surface area contributed by atoms with Gasteiger partial charge in [-0.15, -0.1) is 0 Å².